The van der Waals surface area contributed by atoms with E-state index in [2.05, 4.69) is 4.99 Å². The minimum Gasteiger partial charge on any atom is -0.497 e. The van der Waals surface area contributed by atoms with Crippen LogP contribution >= 0.6 is 0 Å². The quantitative estimate of drug-likeness (QED) is 0.663. The van der Waals surface area contributed by atoms with Crippen LogP contribution in [0.15, 0.2) is 39.7 Å². The van der Waals surface area contributed by atoms with E-state index in [0.717, 1.165) is 0 Å². The molecule has 0 aliphatic heterocycles. The summed E-state index contributed by atoms with van der Waals surface area (Å²) in [5.41, 5.74) is 1.04. The maximum absolute atomic E-state index is 10.4. The molecule has 1 N–H and O–H groups in total. The largest absolute Gasteiger partial charge is 0.497 e. The van der Waals surface area contributed by atoms with Crippen LogP contribution in [0.5, 0.6) is 5.75 Å². The van der Waals surface area contributed by atoms with Gasteiger partial charge in [-0.2, -0.15) is 4.99 Å². The van der Waals surface area contributed by atoms with Gasteiger partial charge in [-0.15, -0.1) is 0 Å². The van der Waals surface area contributed by atoms with Crippen molar-refractivity contribution in [2.75, 3.05) is 7.11 Å². The van der Waals surface area contributed by atoms with Gasteiger partial charge in [-0.1, -0.05) is 0 Å². The van der Waals surface area contributed by atoms with Crippen LogP contribution in [0.3, 0.4) is 0 Å². The van der Waals surface area contributed by atoms with Crippen LogP contribution in [-0.4, -0.2) is 18.3 Å². The Morgan fingerprint density at radius 3 is 2.83 bits per heavy atom. The lowest BCUT2D eigenvalue weighted by atomic mass is 10.1. The molecule has 1 aromatic heterocycles. The predicted octanol–water partition coefficient (Wildman–Crippen LogP) is 2.41. The number of nitrogens with zero attached hydrogens (tertiary/aromatic N) is 1. The number of benzene rings is 1. The van der Waals surface area contributed by atoms with E-state index in [4.69, 9.17) is 14.3 Å². The molecule has 1 heterocycles. The Hall–Kier alpha value is -2.36. The standard InChI is InChI=1S/C13H11NO4/c1-17-9-2-4-11(12(6-9)14-8-16)13-5-3-10(7-15)18-13/h2-6,15H,7H2,1H3. The number of rotatable bonds is 4. The van der Waals surface area contributed by atoms with E-state index < -0.39 is 0 Å². The van der Waals surface area contributed by atoms with E-state index >= 15 is 0 Å². The molecular weight excluding hydrogens is 234 g/mol. The minimum absolute atomic E-state index is 0.178. The van der Waals surface area contributed by atoms with Gasteiger partial charge in [0.25, 0.3) is 0 Å². The van der Waals surface area contributed by atoms with Crippen LogP contribution in [0.4, 0.5) is 5.69 Å². The molecule has 18 heavy (non-hydrogen) atoms. The highest BCUT2D eigenvalue weighted by atomic mass is 16.5. The molecule has 5 heteroatoms. The lowest BCUT2D eigenvalue weighted by molar-refractivity contribution is 0.248. The third-order valence-corrected chi connectivity index (χ3v) is 2.45. The lowest BCUT2D eigenvalue weighted by Crippen LogP contribution is -1.83. The van der Waals surface area contributed by atoms with Gasteiger partial charge in [-0.25, -0.2) is 4.79 Å². The SMILES string of the molecule is COc1ccc(-c2ccc(CO)o2)c(N=C=O)c1. The zero-order valence-corrected chi connectivity index (χ0v) is 9.71. The molecule has 0 bridgehead atoms. The molecule has 0 aliphatic carbocycles. The van der Waals surface area contributed by atoms with E-state index in [1.807, 2.05) is 0 Å². The molecule has 0 saturated heterocycles. The summed E-state index contributed by atoms with van der Waals surface area (Å²) in [4.78, 5) is 14.0. The molecular formula is C13H11NO4. The van der Waals surface area contributed by atoms with Gasteiger partial charge in [0.15, 0.2) is 0 Å². The third kappa shape index (κ3) is 2.32. The van der Waals surface area contributed by atoms with Crippen molar-refractivity contribution < 1.29 is 19.1 Å². The monoisotopic (exact) mass is 245 g/mol. The van der Waals surface area contributed by atoms with Crippen LogP contribution in [0.1, 0.15) is 5.76 Å². The average Bonchev–Trinajstić information content (AvgIpc) is 2.87. The van der Waals surface area contributed by atoms with Gasteiger partial charge in [-0.3, -0.25) is 0 Å². The average molecular weight is 245 g/mol. The topological polar surface area (TPSA) is 72.0 Å². The normalized spacial score (nSPS) is 9.89. The van der Waals surface area contributed by atoms with E-state index in [1.54, 1.807) is 30.3 Å². The second-order valence-corrected chi connectivity index (χ2v) is 3.51. The molecule has 1 aromatic carbocycles. The Morgan fingerprint density at radius 1 is 1.39 bits per heavy atom. The summed E-state index contributed by atoms with van der Waals surface area (Å²) in [6, 6.07) is 8.45. The fourth-order valence-corrected chi connectivity index (χ4v) is 1.60. The Kier molecular flexibility index (Phi) is 3.57. The number of ether oxygens (including phenoxy) is 1. The van der Waals surface area contributed by atoms with Crippen LogP contribution in [0.2, 0.25) is 0 Å². The van der Waals surface area contributed by atoms with Crippen molar-refractivity contribution in [1.82, 2.24) is 0 Å². The highest BCUT2D eigenvalue weighted by molar-refractivity contribution is 5.75. The van der Waals surface area contributed by atoms with Gasteiger partial charge in [0, 0.05) is 11.6 Å². The molecule has 0 amide bonds. The number of hydrogen-bond acceptors (Lipinski definition) is 5. The summed E-state index contributed by atoms with van der Waals surface area (Å²) in [7, 11) is 1.53. The summed E-state index contributed by atoms with van der Waals surface area (Å²) in [6.07, 6.45) is 1.49. The molecule has 5 nitrogen and oxygen atoms in total. The number of furan rings is 1. The highest BCUT2D eigenvalue weighted by Gasteiger charge is 2.10. The van der Waals surface area contributed by atoms with Crippen LogP contribution in [0.25, 0.3) is 11.3 Å². The zero-order chi connectivity index (χ0) is 13.0. The number of hydrogen-bond donors (Lipinski definition) is 1. The number of isocyanates is 1. The molecule has 0 aliphatic rings. The van der Waals surface area contributed by atoms with E-state index in [0.29, 0.717) is 28.5 Å². The predicted molar refractivity (Wildman–Crippen MR) is 64.4 cm³/mol. The number of aliphatic hydroxyl groups excluding tert-OH is 1. The maximum atomic E-state index is 10.4. The van der Waals surface area contributed by atoms with Crippen molar-refractivity contribution in [3.05, 3.63) is 36.1 Å². The third-order valence-electron chi connectivity index (χ3n) is 2.45. The van der Waals surface area contributed by atoms with Crippen molar-refractivity contribution in [3.8, 4) is 17.1 Å². The molecule has 0 radical (unpaired) electrons. The van der Waals surface area contributed by atoms with Gasteiger partial charge in [0.05, 0.1) is 12.8 Å². The summed E-state index contributed by atoms with van der Waals surface area (Å²) in [5.74, 6) is 1.55. The number of aliphatic imine (C=N–C) groups is 1. The minimum atomic E-state index is -0.178. The van der Waals surface area contributed by atoms with Gasteiger partial charge < -0.3 is 14.3 Å². The molecule has 0 saturated carbocycles. The first kappa shape index (κ1) is 12.1. The Bertz CT molecular complexity index is 597. The molecule has 2 rings (SSSR count). The summed E-state index contributed by atoms with van der Waals surface area (Å²) in [6.45, 7) is -0.178. The van der Waals surface area contributed by atoms with E-state index in [-0.39, 0.29) is 6.61 Å². The maximum Gasteiger partial charge on any atom is 0.240 e. The molecule has 0 fully saturated rings. The van der Waals surface area contributed by atoms with Crippen molar-refractivity contribution in [1.29, 1.82) is 0 Å². The Labute approximate surface area is 103 Å². The number of carbonyl (C=O) groups excluding carboxylic acids is 1. The second kappa shape index (κ2) is 5.31. The zero-order valence-electron chi connectivity index (χ0n) is 9.71. The van der Waals surface area contributed by atoms with Crippen LogP contribution < -0.4 is 4.74 Å². The van der Waals surface area contributed by atoms with Gasteiger partial charge >= 0.3 is 0 Å². The lowest BCUT2D eigenvalue weighted by Gasteiger charge is -2.04. The van der Waals surface area contributed by atoms with Crippen molar-refractivity contribution in [2.45, 2.75) is 6.61 Å². The number of methoxy groups -OCH3 is 1. The van der Waals surface area contributed by atoms with Crippen LogP contribution in [0, 0.1) is 0 Å². The summed E-state index contributed by atoms with van der Waals surface area (Å²) in [5, 5.41) is 8.95. The highest BCUT2D eigenvalue weighted by Crippen LogP contribution is 2.34. The summed E-state index contributed by atoms with van der Waals surface area (Å²) < 4.78 is 10.5. The van der Waals surface area contributed by atoms with E-state index in [1.165, 1.54) is 13.2 Å². The molecule has 92 valence electrons. The van der Waals surface area contributed by atoms with Gasteiger partial charge in [0.2, 0.25) is 6.08 Å². The molecule has 0 atom stereocenters. The number of aliphatic hydroxyl groups is 1. The Morgan fingerprint density at radius 2 is 2.22 bits per heavy atom. The van der Waals surface area contributed by atoms with Crippen LogP contribution in [-0.2, 0) is 11.4 Å². The first-order valence-electron chi connectivity index (χ1n) is 5.24. The van der Waals surface area contributed by atoms with Crippen molar-refractivity contribution in [2.24, 2.45) is 4.99 Å². The second-order valence-electron chi connectivity index (χ2n) is 3.51. The van der Waals surface area contributed by atoms with Crippen molar-refractivity contribution >= 4 is 11.8 Å². The summed E-state index contributed by atoms with van der Waals surface area (Å²) >= 11 is 0. The molecule has 0 unspecified atom stereocenters. The fourth-order valence-electron chi connectivity index (χ4n) is 1.60. The smallest absolute Gasteiger partial charge is 0.240 e. The van der Waals surface area contributed by atoms with Gasteiger partial charge in [-0.05, 0) is 24.3 Å². The first-order valence-corrected chi connectivity index (χ1v) is 5.24. The van der Waals surface area contributed by atoms with Crippen molar-refractivity contribution in [3.63, 3.8) is 0 Å². The van der Waals surface area contributed by atoms with Gasteiger partial charge in [0.1, 0.15) is 23.9 Å². The molecule has 0 spiro atoms. The first-order chi connectivity index (χ1) is 8.78. The fraction of sp³-hybridized carbons (Fsp3) is 0.154. The molecule has 2 aromatic rings. The van der Waals surface area contributed by atoms with E-state index in [9.17, 15) is 4.79 Å². The Balaban J connectivity index is 2.51.